The normalized spacial score (nSPS) is 13.0. The minimum absolute atomic E-state index is 0.321. The Morgan fingerprint density at radius 2 is 2.21 bits per heavy atom. The fraction of sp³-hybridized carbons (Fsp3) is 0.273. The largest absolute Gasteiger partial charge is 0.489 e. The highest BCUT2D eigenvalue weighted by Gasteiger charge is 2.04. The molecule has 0 saturated carbocycles. The Hall–Kier alpha value is -1.48. The van der Waals surface area contributed by atoms with Crippen LogP contribution in [0.4, 0.5) is 0 Å². The Morgan fingerprint density at radius 1 is 1.43 bits per heavy atom. The zero-order chi connectivity index (χ0) is 9.97. The maximum Gasteiger partial charge on any atom is 0.144 e. The maximum absolute atomic E-state index is 9.09. The van der Waals surface area contributed by atoms with Gasteiger partial charge in [-0.05, 0) is 19.1 Å². The first kappa shape index (κ1) is 9.09. The van der Waals surface area contributed by atoms with Crippen LogP contribution in [0.25, 0.3) is 10.9 Å². The summed E-state index contributed by atoms with van der Waals surface area (Å²) in [6.45, 7) is 2.02. The third kappa shape index (κ3) is 1.72. The minimum Gasteiger partial charge on any atom is -0.489 e. The molecule has 1 aromatic heterocycles. The predicted octanol–water partition coefficient (Wildman–Crippen LogP) is 1.93. The lowest BCUT2D eigenvalue weighted by molar-refractivity contribution is 0.123. The predicted molar refractivity (Wildman–Crippen MR) is 55.5 cm³/mol. The Morgan fingerprint density at radius 3 is 3.00 bits per heavy atom. The van der Waals surface area contributed by atoms with E-state index in [1.807, 2.05) is 30.5 Å². The molecule has 0 spiro atoms. The van der Waals surface area contributed by atoms with Crippen molar-refractivity contribution < 1.29 is 9.84 Å². The number of fused-ring (bicyclic) bond motifs is 1. The summed E-state index contributed by atoms with van der Waals surface area (Å²) in [5, 5.41) is 10.1. The highest BCUT2D eigenvalue weighted by molar-refractivity contribution is 5.85. The van der Waals surface area contributed by atoms with Gasteiger partial charge in [0.15, 0.2) is 0 Å². The van der Waals surface area contributed by atoms with E-state index in [1.54, 1.807) is 6.92 Å². The number of rotatable bonds is 3. The fourth-order valence-electron chi connectivity index (χ4n) is 1.37. The second kappa shape index (κ2) is 3.72. The number of hydrogen-bond acceptors (Lipinski definition) is 2. The van der Waals surface area contributed by atoms with Gasteiger partial charge in [0.2, 0.25) is 0 Å². The molecule has 0 bridgehead atoms. The van der Waals surface area contributed by atoms with Gasteiger partial charge in [-0.3, -0.25) is 0 Å². The van der Waals surface area contributed by atoms with Gasteiger partial charge in [-0.1, -0.05) is 12.1 Å². The van der Waals surface area contributed by atoms with Gasteiger partial charge in [-0.15, -0.1) is 0 Å². The molecular formula is C11H13NO2. The van der Waals surface area contributed by atoms with Gasteiger partial charge in [0, 0.05) is 17.1 Å². The quantitative estimate of drug-likeness (QED) is 0.778. The number of aromatic amines is 1. The van der Waals surface area contributed by atoms with E-state index in [0.717, 1.165) is 16.7 Å². The Kier molecular flexibility index (Phi) is 2.41. The van der Waals surface area contributed by atoms with Gasteiger partial charge < -0.3 is 14.8 Å². The lowest BCUT2D eigenvalue weighted by Gasteiger charge is -2.06. The number of ether oxygens (including phenoxy) is 1. The third-order valence-corrected chi connectivity index (χ3v) is 2.03. The van der Waals surface area contributed by atoms with Crippen molar-refractivity contribution in [2.75, 3.05) is 6.61 Å². The van der Waals surface area contributed by atoms with Crippen molar-refractivity contribution in [3.63, 3.8) is 0 Å². The number of hydrogen-bond donors (Lipinski definition) is 2. The van der Waals surface area contributed by atoms with Crippen LogP contribution in [-0.4, -0.2) is 22.8 Å². The molecule has 1 aromatic carbocycles. The summed E-state index contributed by atoms with van der Waals surface area (Å²) in [7, 11) is 0. The molecule has 1 atom stereocenters. The van der Waals surface area contributed by atoms with E-state index in [1.165, 1.54) is 0 Å². The number of aliphatic hydroxyl groups is 1. The van der Waals surface area contributed by atoms with Crippen LogP contribution >= 0.6 is 0 Å². The summed E-state index contributed by atoms with van der Waals surface area (Å²) >= 11 is 0. The maximum atomic E-state index is 9.09. The standard InChI is InChI=1S/C11H13NO2/c1-8(13)7-14-11-6-12-10-5-3-2-4-9(10)11/h2-6,8,12-13H,7H2,1H3. The van der Waals surface area contributed by atoms with Gasteiger partial charge in [-0.2, -0.15) is 0 Å². The molecule has 3 heteroatoms. The molecule has 74 valence electrons. The molecule has 0 radical (unpaired) electrons. The number of benzene rings is 1. The van der Waals surface area contributed by atoms with E-state index in [2.05, 4.69) is 4.98 Å². The van der Waals surface area contributed by atoms with Crippen molar-refractivity contribution in [2.45, 2.75) is 13.0 Å². The van der Waals surface area contributed by atoms with Crippen molar-refractivity contribution in [3.05, 3.63) is 30.5 Å². The van der Waals surface area contributed by atoms with Crippen LogP contribution < -0.4 is 4.74 Å². The monoisotopic (exact) mass is 191 g/mol. The summed E-state index contributed by atoms with van der Waals surface area (Å²) < 4.78 is 5.44. The Balaban J connectivity index is 2.25. The SMILES string of the molecule is CC(O)COc1c[nH]c2ccccc12. The second-order valence-electron chi connectivity index (χ2n) is 3.36. The minimum atomic E-state index is -0.441. The van der Waals surface area contributed by atoms with Crippen LogP contribution in [0.15, 0.2) is 30.5 Å². The smallest absolute Gasteiger partial charge is 0.144 e. The van der Waals surface area contributed by atoms with Crippen molar-refractivity contribution in [1.82, 2.24) is 4.98 Å². The lowest BCUT2D eigenvalue weighted by Crippen LogP contribution is -2.12. The van der Waals surface area contributed by atoms with E-state index in [9.17, 15) is 0 Å². The van der Waals surface area contributed by atoms with Crippen LogP contribution in [0.3, 0.4) is 0 Å². The van der Waals surface area contributed by atoms with E-state index in [4.69, 9.17) is 9.84 Å². The zero-order valence-electron chi connectivity index (χ0n) is 8.03. The fourth-order valence-corrected chi connectivity index (χ4v) is 1.37. The van der Waals surface area contributed by atoms with Crippen LogP contribution in [0.2, 0.25) is 0 Å². The van der Waals surface area contributed by atoms with E-state index in [-0.39, 0.29) is 0 Å². The van der Waals surface area contributed by atoms with E-state index >= 15 is 0 Å². The summed E-state index contributed by atoms with van der Waals surface area (Å²) in [6.07, 6.45) is 1.37. The second-order valence-corrected chi connectivity index (χ2v) is 3.36. The lowest BCUT2D eigenvalue weighted by atomic mass is 10.2. The highest BCUT2D eigenvalue weighted by atomic mass is 16.5. The first-order chi connectivity index (χ1) is 6.77. The van der Waals surface area contributed by atoms with Crippen molar-refractivity contribution >= 4 is 10.9 Å². The molecule has 1 unspecified atom stereocenters. The molecule has 0 fully saturated rings. The number of H-pyrrole nitrogens is 1. The van der Waals surface area contributed by atoms with Crippen molar-refractivity contribution in [2.24, 2.45) is 0 Å². The van der Waals surface area contributed by atoms with Crippen LogP contribution in [0, 0.1) is 0 Å². The molecule has 2 aromatic rings. The molecular weight excluding hydrogens is 178 g/mol. The third-order valence-electron chi connectivity index (χ3n) is 2.03. The Labute approximate surface area is 82.3 Å². The zero-order valence-corrected chi connectivity index (χ0v) is 8.03. The molecule has 0 amide bonds. The average molecular weight is 191 g/mol. The highest BCUT2D eigenvalue weighted by Crippen LogP contribution is 2.24. The molecule has 2 rings (SSSR count). The van der Waals surface area contributed by atoms with E-state index < -0.39 is 6.10 Å². The molecule has 14 heavy (non-hydrogen) atoms. The van der Waals surface area contributed by atoms with E-state index in [0.29, 0.717) is 6.61 Å². The van der Waals surface area contributed by atoms with Gasteiger partial charge in [0.1, 0.15) is 12.4 Å². The van der Waals surface area contributed by atoms with Crippen molar-refractivity contribution in [1.29, 1.82) is 0 Å². The summed E-state index contributed by atoms with van der Waals surface area (Å²) in [4.78, 5) is 3.11. The average Bonchev–Trinajstić information content (AvgIpc) is 2.58. The number of aromatic nitrogens is 1. The first-order valence-electron chi connectivity index (χ1n) is 4.64. The molecule has 2 N–H and O–H groups in total. The number of aliphatic hydroxyl groups excluding tert-OH is 1. The van der Waals surface area contributed by atoms with Gasteiger partial charge in [0.25, 0.3) is 0 Å². The summed E-state index contributed by atoms with van der Waals surface area (Å²) in [5.74, 6) is 0.793. The van der Waals surface area contributed by atoms with Gasteiger partial charge in [-0.25, -0.2) is 0 Å². The summed E-state index contributed by atoms with van der Waals surface area (Å²) in [6, 6.07) is 7.91. The van der Waals surface area contributed by atoms with Crippen LogP contribution in [0.1, 0.15) is 6.92 Å². The first-order valence-corrected chi connectivity index (χ1v) is 4.64. The molecule has 3 nitrogen and oxygen atoms in total. The van der Waals surface area contributed by atoms with Crippen molar-refractivity contribution in [3.8, 4) is 5.75 Å². The van der Waals surface area contributed by atoms with Gasteiger partial charge in [0.05, 0.1) is 6.10 Å². The van der Waals surface area contributed by atoms with Crippen LogP contribution in [0.5, 0.6) is 5.75 Å². The number of nitrogens with one attached hydrogen (secondary N) is 1. The van der Waals surface area contributed by atoms with Crippen LogP contribution in [-0.2, 0) is 0 Å². The molecule has 0 saturated heterocycles. The molecule has 0 aliphatic heterocycles. The number of para-hydroxylation sites is 1. The summed E-state index contributed by atoms with van der Waals surface area (Å²) in [5.41, 5.74) is 1.05. The molecule has 1 heterocycles. The molecule has 0 aliphatic rings. The topological polar surface area (TPSA) is 45.2 Å². The Bertz CT molecular complexity index is 420. The molecule has 0 aliphatic carbocycles. The van der Waals surface area contributed by atoms with Gasteiger partial charge >= 0.3 is 0 Å².